The zero-order valence-corrected chi connectivity index (χ0v) is 12.7. The fourth-order valence-corrected chi connectivity index (χ4v) is 2.08. The molecule has 0 saturated carbocycles. The summed E-state index contributed by atoms with van der Waals surface area (Å²) in [5.74, 6) is -1.07. The lowest BCUT2D eigenvalue weighted by atomic mass is 10.1. The molecule has 0 bridgehead atoms. The van der Waals surface area contributed by atoms with Gasteiger partial charge in [0.15, 0.2) is 0 Å². The number of hydrogen-bond donors (Lipinski definition) is 1. The zero-order valence-electron chi connectivity index (χ0n) is 11.1. The van der Waals surface area contributed by atoms with Crippen LogP contribution in [-0.4, -0.2) is 29.1 Å². The smallest absolute Gasteiger partial charge is 0.307 e. The topological polar surface area (TPSA) is 40.5 Å². The van der Waals surface area contributed by atoms with Crippen molar-refractivity contribution in [1.82, 2.24) is 4.90 Å². The lowest BCUT2D eigenvalue weighted by Crippen LogP contribution is -2.31. The Kier molecular flexibility index (Phi) is 5.82. The Hall–Kier alpha value is -0.870. The van der Waals surface area contributed by atoms with Crippen LogP contribution in [0.2, 0.25) is 0 Å². The van der Waals surface area contributed by atoms with E-state index in [1.165, 1.54) is 11.1 Å². The maximum absolute atomic E-state index is 10.9. The van der Waals surface area contributed by atoms with Crippen molar-refractivity contribution in [3.8, 4) is 0 Å². The molecule has 1 unspecified atom stereocenters. The van der Waals surface area contributed by atoms with Crippen molar-refractivity contribution >= 4 is 21.9 Å². The number of rotatable bonds is 6. The lowest BCUT2D eigenvalue weighted by Gasteiger charge is -2.22. The molecule has 1 atom stereocenters. The molecule has 0 aromatic heterocycles. The first-order valence-electron chi connectivity index (χ1n) is 6.14. The van der Waals surface area contributed by atoms with E-state index < -0.39 is 5.97 Å². The molecular formula is C14H20BrNO2. The molecule has 1 N–H and O–H groups in total. The van der Waals surface area contributed by atoms with Gasteiger partial charge in [0, 0.05) is 17.6 Å². The summed E-state index contributed by atoms with van der Waals surface area (Å²) in [6.45, 7) is 8.10. The van der Waals surface area contributed by atoms with Crippen molar-refractivity contribution in [2.75, 3.05) is 13.1 Å². The molecular weight excluding hydrogens is 294 g/mol. The second-order valence-electron chi connectivity index (χ2n) is 4.65. The first kappa shape index (κ1) is 15.2. The molecule has 4 heteroatoms. The highest BCUT2D eigenvalue weighted by molar-refractivity contribution is 9.10. The van der Waals surface area contributed by atoms with Gasteiger partial charge in [0.25, 0.3) is 0 Å². The second kappa shape index (κ2) is 6.90. The van der Waals surface area contributed by atoms with E-state index in [1.54, 1.807) is 6.92 Å². The molecule has 0 aliphatic heterocycles. The van der Waals surface area contributed by atoms with Gasteiger partial charge in [-0.2, -0.15) is 0 Å². The summed E-state index contributed by atoms with van der Waals surface area (Å²) in [5.41, 5.74) is 2.42. The maximum atomic E-state index is 10.9. The van der Waals surface area contributed by atoms with Crippen LogP contribution < -0.4 is 0 Å². The Bertz CT molecular complexity index is 420. The number of halogens is 1. The molecule has 100 valence electrons. The third kappa shape index (κ3) is 4.42. The van der Waals surface area contributed by atoms with Crippen LogP contribution in [0.5, 0.6) is 0 Å². The van der Waals surface area contributed by atoms with Crippen molar-refractivity contribution in [1.29, 1.82) is 0 Å². The Morgan fingerprint density at radius 1 is 1.50 bits per heavy atom. The molecule has 0 aliphatic carbocycles. The average molecular weight is 314 g/mol. The van der Waals surface area contributed by atoms with E-state index >= 15 is 0 Å². The fourth-order valence-electron chi connectivity index (χ4n) is 1.83. The number of hydrogen-bond acceptors (Lipinski definition) is 2. The molecule has 1 aromatic carbocycles. The van der Waals surface area contributed by atoms with E-state index in [1.807, 2.05) is 6.07 Å². The predicted molar refractivity (Wildman–Crippen MR) is 76.6 cm³/mol. The number of carboxylic acid groups (broad SMARTS) is 1. The summed E-state index contributed by atoms with van der Waals surface area (Å²) in [6.07, 6.45) is 0. The molecule has 0 spiro atoms. The monoisotopic (exact) mass is 313 g/mol. The van der Waals surface area contributed by atoms with Gasteiger partial charge in [0.2, 0.25) is 0 Å². The first-order chi connectivity index (χ1) is 8.43. The highest BCUT2D eigenvalue weighted by Gasteiger charge is 2.15. The van der Waals surface area contributed by atoms with Crippen molar-refractivity contribution in [3.05, 3.63) is 33.8 Å². The minimum atomic E-state index is -0.736. The van der Waals surface area contributed by atoms with Crippen molar-refractivity contribution < 1.29 is 9.90 Å². The minimum absolute atomic E-state index is 0.332. The normalized spacial score (nSPS) is 12.7. The molecule has 3 nitrogen and oxygen atoms in total. The van der Waals surface area contributed by atoms with Crippen LogP contribution in [0.1, 0.15) is 25.0 Å². The van der Waals surface area contributed by atoms with E-state index in [0.29, 0.717) is 6.54 Å². The minimum Gasteiger partial charge on any atom is -0.481 e. The molecule has 0 heterocycles. The van der Waals surface area contributed by atoms with Crippen LogP contribution in [0.15, 0.2) is 22.7 Å². The van der Waals surface area contributed by atoms with Gasteiger partial charge in [-0.3, -0.25) is 9.69 Å². The molecule has 1 aromatic rings. The van der Waals surface area contributed by atoms with Gasteiger partial charge in [-0.25, -0.2) is 0 Å². The standard InChI is InChI=1S/C14H20BrNO2/c1-4-16(8-11(3)14(17)18)9-12-5-6-13(15)10(2)7-12/h5-7,11H,4,8-9H2,1-3H3,(H,17,18). The highest BCUT2D eigenvalue weighted by Crippen LogP contribution is 2.18. The maximum Gasteiger partial charge on any atom is 0.307 e. The molecule has 0 radical (unpaired) electrons. The largest absolute Gasteiger partial charge is 0.481 e. The predicted octanol–water partition coefficient (Wildman–Crippen LogP) is 3.30. The summed E-state index contributed by atoms with van der Waals surface area (Å²) in [5, 5.41) is 8.94. The van der Waals surface area contributed by atoms with Gasteiger partial charge in [-0.15, -0.1) is 0 Å². The molecule has 0 amide bonds. The zero-order chi connectivity index (χ0) is 13.7. The quantitative estimate of drug-likeness (QED) is 0.876. The van der Waals surface area contributed by atoms with Gasteiger partial charge in [-0.05, 0) is 30.7 Å². The van der Waals surface area contributed by atoms with Crippen LogP contribution in [0.25, 0.3) is 0 Å². The van der Waals surface area contributed by atoms with Crippen LogP contribution in [0.3, 0.4) is 0 Å². The number of nitrogens with zero attached hydrogens (tertiary/aromatic N) is 1. The van der Waals surface area contributed by atoms with E-state index in [-0.39, 0.29) is 5.92 Å². The van der Waals surface area contributed by atoms with Gasteiger partial charge < -0.3 is 5.11 Å². The van der Waals surface area contributed by atoms with Crippen molar-refractivity contribution in [2.45, 2.75) is 27.3 Å². The lowest BCUT2D eigenvalue weighted by molar-refractivity contribution is -0.141. The van der Waals surface area contributed by atoms with Crippen molar-refractivity contribution in [3.63, 3.8) is 0 Å². The summed E-state index contributed by atoms with van der Waals surface area (Å²) in [4.78, 5) is 13.0. The number of aryl methyl sites for hydroxylation is 1. The number of aliphatic carboxylic acids is 1. The first-order valence-corrected chi connectivity index (χ1v) is 6.93. The molecule has 0 aliphatic rings. The van der Waals surface area contributed by atoms with E-state index in [0.717, 1.165) is 17.6 Å². The summed E-state index contributed by atoms with van der Waals surface area (Å²) < 4.78 is 1.10. The number of carboxylic acids is 1. The third-order valence-electron chi connectivity index (χ3n) is 3.03. The van der Waals surface area contributed by atoms with Crippen molar-refractivity contribution in [2.24, 2.45) is 5.92 Å². The Balaban J connectivity index is 2.67. The van der Waals surface area contributed by atoms with Crippen LogP contribution in [0.4, 0.5) is 0 Å². The Labute approximate surface area is 117 Å². The van der Waals surface area contributed by atoms with E-state index in [2.05, 4.69) is 46.8 Å². The average Bonchev–Trinajstić information content (AvgIpc) is 2.32. The van der Waals surface area contributed by atoms with Gasteiger partial charge >= 0.3 is 5.97 Å². The molecule has 0 saturated heterocycles. The summed E-state index contributed by atoms with van der Waals surface area (Å²) in [6, 6.07) is 6.25. The fraction of sp³-hybridized carbons (Fsp3) is 0.500. The van der Waals surface area contributed by atoms with Gasteiger partial charge in [-0.1, -0.05) is 41.9 Å². The van der Waals surface area contributed by atoms with E-state index in [4.69, 9.17) is 5.11 Å². The summed E-state index contributed by atoms with van der Waals surface area (Å²) >= 11 is 3.48. The number of carbonyl (C=O) groups is 1. The van der Waals surface area contributed by atoms with Gasteiger partial charge in [0.1, 0.15) is 0 Å². The van der Waals surface area contributed by atoms with Gasteiger partial charge in [0.05, 0.1) is 5.92 Å². The third-order valence-corrected chi connectivity index (χ3v) is 3.92. The molecule has 18 heavy (non-hydrogen) atoms. The molecule has 0 fully saturated rings. The number of benzene rings is 1. The SMILES string of the molecule is CCN(Cc1ccc(Br)c(C)c1)CC(C)C(=O)O. The van der Waals surface area contributed by atoms with Crippen LogP contribution >= 0.6 is 15.9 Å². The second-order valence-corrected chi connectivity index (χ2v) is 5.50. The Morgan fingerprint density at radius 3 is 2.67 bits per heavy atom. The summed E-state index contributed by atoms with van der Waals surface area (Å²) in [7, 11) is 0. The molecule has 1 rings (SSSR count). The Morgan fingerprint density at radius 2 is 2.17 bits per heavy atom. The highest BCUT2D eigenvalue weighted by atomic mass is 79.9. The van der Waals surface area contributed by atoms with Crippen LogP contribution in [-0.2, 0) is 11.3 Å². The van der Waals surface area contributed by atoms with Crippen LogP contribution in [0, 0.1) is 12.8 Å². The van der Waals surface area contributed by atoms with E-state index in [9.17, 15) is 4.79 Å².